The van der Waals surface area contributed by atoms with Gasteiger partial charge >= 0.3 is 0 Å². The molecule has 2 N–H and O–H groups in total. The minimum absolute atomic E-state index is 0.0557. The number of ether oxygens (including phenoxy) is 1. The van der Waals surface area contributed by atoms with Crippen molar-refractivity contribution in [3.63, 3.8) is 0 Å². The molecule has 10 heteroatoms. The number of carbonyl (C=O) groups excluding carboxylic acids is 2. The number of Topliss-reactive ketones (excluding diaryl/α,β-unsaturated/α-hetero) is 1. The highest BCUT2D eigenvalue weighted by Crippen LogP contribution is 2.34. The number of nitrogens with one attached hydrogen (secondary N) is 1. The van der Waals surface area contributed by atoms with E-state index in [0.717, 1.165) is 22.4 Å². The van der Waals surface area contributed by atoms with Crippen LogP contribution in [0.1, 0.15) is 15.9 Å². The highest BCUT2D eigenvalue weighted by Gasteiger charge is 2.34. The van der Waals surface area contributed by atoms with E-state index in [9.17, 15) is 18.9 Å². The van der Waals surface area contributed by atoms with Gasteiger partial charge in [0.2, 0.25) is 23.0 Å². The van der Waals surface area contributed by atoms with E-state index in [1.165, 1.54) is 48.5 Å². The molecule has 1 amide bonds. The number of amides is 1. The first-order chi connectivity index (χ1) is 23.7. The van der Waals surface area contributed by atoms with Crippen molar-refractivity contribution >= 4 is 40.1 Å². The third-order valence-electron chi connectivity index (χ3n) is 7.75. The maximum absolute atomic E-state index is 14.6. The number of hydrogen-bond acceptors (Lipinski definition) is 6. The molecule has 0 aliphatic rings. The maximum Gasteiger partial charge on any atom is 0.273 e. The van der Waals surface area contributed by atoms with Gasteiger partial charge in [0.25, 0.3) is 5.91 Å². The summed E-state index contributed by atoms with van der Waals surface area (Å²) in [4.78, 5) is 28.9. The molecule has 0 bridgehead atoms. The summed E-state index contributed by atoms with van der Waals surface area (Å²) < 4.78 is 26.5. The Hall–Kier alpha value is -5.64. The van der Waals surface area contributed by atoms with Gasteiger partial charge in [-0.15, -0.1) is 0 Å². The lowest BCUT2D eigenvalue weighted by molar-refractivity contribution is -0.120. The maximum atomic E-state index is 14.6. The van der Waals surface area contributed by atoms with Crippen LogP contribution in [0.15, 0.2) is 138 Å². The van der Waals surface area contributed by atoms with E-state index in [4.69, 9.17) is 20.5 Å². The molecule has 8 nitrogen and oxygen atoms in total. The molecule has 1 aromatic heterocycles. The second-order valence-corrected chi connectivity index (χ2v) is 12.7. The van der Waals surface area contributed by atoms with Crippen LogP contribution in [0.2, 0.25) is 5.02 Å². The van der Waals surface area contributed by atoms with E-state index in [1.54, 1.807) is 18.2 Å². The van der Waals surface area contributed by atoms with Gasteiger partial charge in [0, 0.05) is 18.3 Å². The summed E-state index contributed by atoms with van der Waals surface area (Å²) >= 11 is 4.53. The predicted octanol–water partition coefficient (Wildman–Crippen LogP) is 8.40. The van der Waals surface area contributed by atoms with Crippen molar-refractivity contribution in [2.24, 2.45) is 7.05 Å². The van der Waals surface area contributed by atoms with Gasteiger partial charge < -0.3 is 23.9 Å². The molecule has 0 aliphatic carbocycles. The van der Waals surface area contributed by atoms with Crippen LogP contribution < -0.4 is 14.2 Å². The van der Waals surface area contributed by atoms with Gasteiger partial charge in [-0.3, -0.25) is 9.59 Å². The van der Waals surface area contributed by atoms with Gasteiger partial charge in [0.05, 0.1) is 21.3 Å². The molecule has 0 radical (unpaired) electrons. The number of phenolic OH excluding ortho intramolecular Hbond substituents is 1. The Labute approximate surface area is 291 Å². The number of ketones is 1. The fourth-order valence-corrected chi connectivity index (χ4v) is 6.23. The number of hydrogen-bond donors (Lipinski definition) is 2. The average molecular weight is 691 g/mol. The molecule has 2 atom stereocenters. The summed E-state index contributed by atoms with van der Waals surface area (Å²) in [7, 11) is 1.88. The lowest BCUT2D eigenvalue weighted by Gasteiger charge is -2.19. The Morgan fingerprint density at radius 3 is 2.06 bits per heavy atom. The highest BCUT2D eigenvalue weighted by atomic mass is 35.5. The monoisotopic (exact) mass is 690 g/mol. The van der Waals surface area contributed by atoms with Gasteiger partial charge in [0.15, 0.2) is 0 Å². The van der Waals surface area contributed by atoms with Crippen LogP contribution in [-0.2, 0) is 22.9 Å². The second-order valence-electron chi connectivity index (χ2n) is 11.2. The normalized spacial score (nSPS) is 12.1. The number of carbonyl (C=O) groups is 2. The molecule has 6 rings (SSSR count). The van der Waals surface area contributed by atoms with Crippen LogP contribution in [0.4, 0.5) is 5.69 Å². The first-order valence-electron chi connectivity index (χ1n) is 15.3. The predicted molar refractivity (Wildman–Crippen MR) is 191 cm³/mol. The number of benzene rings is 5. The molecule has 0 aliphatic heterocycles. The van der Waals surface area contributed by atoms with Crippen molar-refractivity contribution in [1.29, 1.82) is 0 Å². The zero-order valence-corrected chi connectivity index (χ0v) is 28.1. The SMILES string of the molecule is Cc1ccc(Cl)c(NC(=O)C(Oc2ccc(S(=O)Oc3ccc(O)cc3)cc2)C(=O)c2cc(-c3ccccc3)n(C)c2-c2ccccc2)c1. The van der Waals surface area contributed by atoms with Crippen LogP contribution >= 0.6 is 11.6 Å². The van der Waals surface area contributed by atoms with Crippen LogP contribution in [0, 0.1) is 6.92 Å². The van der Waals surface area contributed by atoms with E-state index < -0.39 is 28.9 Å². The lowest BCUT2D eigenvalue weighted by Crippen LogP contribution is -2.40. The molecular formula is C39H31ClN2O6S. The summed E-state index contributed by atoms with van der Waals surface area (Å²) in [5, 5.41) is 12.6. The summed E-state index contributed by atoms with van der Waals surface area (Å²) in [5.74, 6) is -0.735. The average Bonchev–Trinajstić information content (AvgIpc) is 3.47. The highest BCUT2D eigenvalue weighted by molar-refractivity contribution is 7.80. The van der Waals surface area contributed by atoms with Gasteiger partial charge in [-0.1, -0.05) is 78.3 Å². The Balaban J connectivity index is 1.36. The van der Waals surface area contributed by atoms with Crippen LogP contribution in [0.3, 0.4) is 0 Å². The quantitative estimate of drug-likeness (QED) is 0.104. The smallest absolute Gasteiger partial charge is 0.273 e. The number of halogens is 1. The zero-order valence-electron chi connectivity index (χ0n) is 26.5. The third kappa shape index (κ3) is 7.59. The molecule has 5 aromatic carbocycles. The van der Waals surface area contributed by atoms with E-state index >= 15 is 0 Å². The molecule has 1 heterocycles. The van der Waals surface area contributed by atoms with Crippen molar-refractivity contribution in [3.05, 3.63) is 150 Å². The molecule has 0 fully saturated rings. The van der Waals surface area contributed by atoms with E-state index in [-0.39, 0.29) is 11.5 Å². The van der Waals surface area contributed by atoms with Crippen molar-refractivity contribution in [1.82, 2.24) is 4.57 Å². The van der Waals surface area contributed by atoms with Crippen LogP contribution in [-0.4, -0.2) is 31.7 Å². The van der Waals surface area contributed by atoms with Gasteiger partial charge in [-0.05, 0) is 90.3 Å². The number of nitrogens with zero attached hydrogens (tertiary/aromatic N) is 1. The number of aromatic nitrogens is 1. The Morgan fingerprint density at radius 1 is 0.796 bits per heavy atom. The first kappa shape index (κ1) is 33.3. The molecule has 49 heavy (non-hydrogen) atoms. The van der Waals surface area contributed by atoms with Gasteiger partial charge in [-0.2, -0.15) is 0 Å². The summed E-state index contributed by atoms with van der Waals surface area (Å²) in [6.45, 7) is 1.86. The fraction of sp³-hybridized carbons (Fsp3) is 0.0769. The zero-order chi connectivity index (χ0) is 34.5. The Bertz CT molecular complexity index is 2130. The molecule has 2 unspecified atom stereocenters. The van der Waals surface area contributed by atoms with Gasteiger partial charge in [0.1, 0.15) is 17.2 Å². The minimum atomic E-state index is -1.88. The Kier molecular flexibility index (Phi) is 9.94. The molecule has 0 saturated heterocycles. The summed E-state index contributed by atoms with van der Waals surface area (Å²) in [5.41, 5.74) is 4.59. The molecule has 0 spiro atoms. The fourth-order valence-electron chi connectivity index (χ4n) is 5.33. The second kappa shape index (κ2) is 14.6. The number of phenols is 1. The van der Waals surface area contributed by atoms with Crippen molar-refractivity contribution in [2.45, 2.75) is 17.9 Å². The lowest BCUT2D eigenvalue weighted by atomic mass is 10.0. The number of aryl methyl sites for hydroxylation is 1. The molecular weight excluding hydrogens is 660 g/mol. The Morgan fingerprint density at radius 2 is 1.41 bits per heavy atom. The van der Waals surface area contributed by atoms with Crippen molar-refractivity contribution in [3.8, 4) is 39.8 Å². The molecule has 0 saturated carbocycles. The number of anilines is 1. The van der Waals surface area contributed by atoms with E-state index in [0.29, 0.717) is 32.6 Å². The first-order valence-corrected chi connectivity index (χ1v) is 16.7. The molecule has 246 valence electrons. The van der Waals surface area contributed by atoms with Crippen molar-refractivity contribution < 1.29 is 27.8 Å². The van der Waals surface area contributed by atoms with Crippen LogP contribution in [0.5, 0.6) is 17.2 Å². The summed E-state index contributed by atoms with van der Waals surface area (Å²) in [6, 6.07) is 38.0. The molecule has 6 aromatic rings. The number of aromatic hydroxyl groups is 1. The largest absolute Gasteiger partial charge is 0.508 e. The summed E-state index contributed by atoms with van der Waals surface area (Å²) in [6.07, 6.45) is -1.63. The van der Waals surface area contributed by atoms with E-state index in [2.05, 4.69) is 5.32 Å². The third-order valence-corrected chi connectivity index (χ3v) is 9.08. The van der Waals surface area contributed by atoms with Crippen molar-refractivity contribution in [2.75, 3.05) is 5.32 Å². The van der Waals surface area contributed by atoms with Crippen LogP contribution in [0.25, 0.3) is 22.5 Å². The minimum Gasteiger partial charge on any atom is -0.508 e. The van der Waals surface area contributed by atoms with Gasteiger partial charge in [-0.25, -0.2) is 4.21 Å². The van der Waals surface area contributed by atoms with E-state index in [1.807, 2.05) is 85.3 Å². The number of rotatable bonds is 11. The topological polar surface area (TPSA) is 107 Å². The standard InChI is InChI=1S/C39H31ClN2O6S/c1-25-13-22-33(40)34(23-25)41-39(45)38(47-29-18-20-31(21-19-29)49(46)48-30-16-14-28(43)15-17-30)37(44)32-24-35(26-9-5-3-6-10-26)42(2)36(32)27-11-7-4-8-12-27/h3-24,38,43H,1-2H3,(H,41,45).